The molecule has 0 aromatic heterocycles. The maximum Gasteiger partial charge on any atom is 0.145 e. The third kappa shape index (κ3) is 4.65. The molecule has 0 N–H and O–H groups in total. The lowest BCUT2D eigenvalue weighted by Crippen LogP contribution is -2.22. The number of rotatable bonds is 5. The molecule has 0 aliphatic rings. The van der Waals surface area contributed by atoms with Crippen LogP contribution in [0.4, 0.5) is 0 Å². The zero-order valence-electron chi connectivity index (χ0n) is 8.29. The molecule has 3 heteroatoms. The zero-order chi connectivity index (χ0) is 9.72. The molecule has 0 aliphatic carbocycles. The second kappa shape index (κ2) is 5.46. The smallest absolute Gasteiger partial charge is 0.145 e. The lowest BCUT2D eigenvalue weighted by molar-refractivity contribution is -0.116. The summed E-state index contributed by atoms with van der Waals surface area (Å²) in [6.07, 6.45) is 0.935. The lowest BCUT2D eigenvalue weighted by atomic mass is 10.2. The van der Waals surface area contributed by atoms with Gasteiger partial charge in [-0.1, -0.05) is 13.8 Å². The predicted molar refractivity (Wildman–Crippen MR) is 52.6 cm³/mol. The third-order valence-electron chi connectivity index (χ3n) is 1.86. The van der Waals surface area contributed by atoms with Crippen LogP contribution in [0.5, 0.6) is 0 Å². The summed E-state index contributed by atoms with van der Waals surface area (Å²) >= 11 is 0. The highest BCUT2D eigenvalue weighted by atomic mass is 32.2. The van der Waals surface area contributed by atoms with Gasteiger partial charge in [0.05, 0.1) is 5.25 Å². The minimum atomic E-state index is -0.965. The highest BCUT2D eigenvalue weighted by Crippen LogP contribution is 2.05. The molecule has 72 valence electrons. The number of hydrogen-bond donors (Lipinski definition) is 0. The molecule has 0 aromatic carbocycles. The maximum absolute atomic E-state index is 11.4. The first-order valence-electron chi connectivity index (χ1n) is 4.32. The fraction of sp³-hybridized carbons (Fsp3) is 0.889. The summed E-state index contributed by atoms with van der Waals surface area (Å²) in [4.78, 5) is 10.8. The van der Waals surface area contributed by atoms with Crippen molar-refractivity contribution in [3.05, 3.63) is 0 Å². The molecule has 2 atom stereocenters. The Morgan fingerprint density at radius 1 is 1.33 bits per heavy atom. The van der Waals surface area contributed by atoms with Crippen LogP contribution < -0.4 is 0 Å². The van der Waals surface area contributed by atoms with Gasteiger partial charge < -0.3 is 0 Å². The van der Waals surface area contributed by atoms with E-state index in [1.54, 1.807) is 6.92 Å². The van der Waals surface area contributed by atoms with E-state index in [0.29, 0.717) is 11.7 Å². The summed E-state index contributed by atoms with van der Waals surface area (Å²) in [6, 6.07) is 0. The fourth-order valence-electron chi connectivity index (χ4n) is 0.714. The Bertz CT molecular complexity index is 175. The summed E-state index contributed by atoms with van der Waals surface area (Å²) in [5, 5.41) is -0.288. The van der Waals surface area contributed by atoms with Crippen LogP contribution in [0.1, 0.15) is 34.1 Å². The summed E-state index contributed by atoms with van der Waals surface area (Å²) < 4.78 is 11.4. The molecular weight excluding hydrogens is 172 g/mol. The first kappa shape index (κ1) is 11.8. The number of carbonyl (C=O) groups excluding carboxylic acids is 1. The molecule has 0 aliphatic heterocycles. The van der Waals surface area contributed by atoms with E-state index in [1.807, 2.05) is 0 Å². The number of Topliss-reactive ketones (excluding diaryl/α,β-unsaturated/α-hetero) is 1. The molecule has 0 rings (SSSR count). The van der Waals surface area contributed by atoms with E-state index in [0.717, 1.165) is 6.42 Å². The van der Waals surface area contributed by atoms with Crippen molar-refractivity contribution in [2.75, 3.05) is 5.75 Å². The van der Waals surface area contributed by atoms with Gasteiger partial charge in [0, 0.05) is 16.6 Å². The minimum Gasteiger partial charge on any atom is -0.299 e. The van der Waals surface area contributed by atoms with E-state index in [2.05, 4.69) is 13.8 Å². The first-order chi connectivity index (χ1) is 5.45. The topological polar surface area (TPSA) is 34.1 Å². The summed E-state index contributed by atoms with van der Waals surface area (Å²) in [5.41, 5.74) is 0. The van der Waals surface area contributed by atoms with Gasteiger partial charge in [-0.25, -0.2) is 0 Å². The SMILES string of the molecule is CC(=O)C(C)S(=O)CCC(C)C. The van der Waals surface area contributed by atoms with E-state index >= 15 is 0 Å². The fourth-order valence-corrected chi connectivity index (χ4v) is 2.14. The van der Waals surface area contributed by atoms with Crippen molar-refractivity contribution in [3.63, 3.8) is 0 Å². The molecule has 12 heavy (non-hydrogen) atoms. The van der Waals surface area contributed by atoms with Crippen LogP contribution in [0, 0.1) is 5.92 Å². The van der Waals surface area contributed by atoms with Gasteiger partial charge in [0.2, 0.25) is 0 Å². The number of carbonyl (C=O) groups is 1. The van der Waals surface area contributed by atoms with Crippen LogP contribution in [0.3, 0.4) is 0 Å². The van der Waals surface area contributed by atoms with Gasteiger partial charge in [-0.05, 0) is 26.2 Å². The molecule has 0 radical (unpaired) electrons. The van der Waals surface area contributed by atoms with Crippen molar-refractivity contribution in [2.45, 2.75) is 39.4 Å². The van der Waals surface area contributed by atoms with E-state index < -0.39 is 10.8 Å². The maximum atomic E-state index is 11.4. The molecule has 0 spiro atoms. The van der Waals surface area contributed by atoms with Crippen molar-refractivity contribution < 1.29 is 9.00 Å². The molecular formula is C9H18O2S. The Morgan fingerprint density at radius 2 is 1.83 bits per heavy atom. The Kier molecular flexibility index (Phi) is 5.38. The van der Waals surface area contributed by atoms with E-state index in [4.69, 9.17) is 0 Å². The Balaban J connectivity index is 3.80. The van der Waals surface area contributed by atoms with Crippen molar-refractivity contribution in [2.24, 2.45) is 5.92 Å². The van der Waals surface area contributed by atoms with Gasteiger partial charge in [-0.15, -0.1) is 0 Å². The van der Waals surface area contributed by atoms with Crippen LogP contribution >= 0.6 is 0 Å². The molecule has 0 heterocycles. The molecule has 2 nitrogen and oxygen atoms in total. The third-order valence-corrected chi connectivity index (χ3v) is 3.62. The van der Waals surface area contributed by atoms with E-state index in [9.17, 15) is 9.00 Å². The van der Waals surface area contributed by atoms with Crippen molar-refractivity contribution in [3.8, 4) is 0 Å². The average Bonchev–Trinajstić information content (AvgIpc) is 1.98. The molecule has 0 saturated carbocycles. The zero-order valence-corrected chi connectivity index (χ0v) is 9.11. The Labute approximate surface area is 77.2 Å². The molecule has 0 aromatic rings. The molecule has 2 unspecified atom stereocenters. The number of ketones is 1. The van der Waals surface area contributed by atoms with Crippen molar-refractivity contribution >= 4 is 16.6 Å². The van der Waals surface area contributed by atoms with E-state index in [1.165, 1.54) is 6.92 Å². The van der Waals surface area contributed by atoms with Crippen LogP contribution in [-0.4, -0.2) is 21.0 Å². The van der Waals surface area contributed by atoms with Crippen molar-refractivity contribution in [1.29, 1.82) is 0 Å². The summed E-state index contributed by atoms with van der Waals surface area (Å²) in [6.45, 7) is 7.42. The Morgan fingerprint density at radius 3 is 2.17 bits per heavy atom. The van der Waals surface area contributed by atoms with Gasteiger partial charge in [-0.3, -0.25) is 9.00 Å². The second-order valence-corrected chi connectivity index (χ2v) is 5.40. The molecule has 0 saturated heterocycles. The van der Waals surface area contributed by atoms with Gasteiger partial charge in [0.1, 0.15) is 5.78 Å². The quantitative estimate of drug-likeness (QED) is 0.662. The molecule has 0 fully saturated rings. The van der Waals surface area contributed by atoms with Crippen LogP contribution in [0.15, 0.2) is 0 Å². The monoisotopic (exact) mass is 190 g/mol. The van der Waals surface area contributed by atoms with Crippen LogP contribution in [0.2, 0.25) is 0 Å². The standard InChI is InChI=1S/C9H18O2S/c1-7(2)5-6-12(11)9(4)8(3)10/h7,9H,5-6H2,1-4H3. The average molecular weight is 190 g/mol. The molecule has 0 amide bonds. The van der Waals surface area contributed by atoms with E-state index in [-0.39, 0.29) is 11.0 Å². The van der Waals surface area contributed by atoms with Gasteiger partial charge in [0.25, 0.3) is 0 Å². The van der Waals surface area contributed by atoms with Crippen molar-refractivity contribution in [1.82, 2.24) is 0 Å². The van der Waals surface area contributed by atoms with Crippen LogP contribution in [-0.2, 0) is 15.6 Å². The van der Waals surface area contributed by atoms with Gasteiger partial charge in [0.15, 0.2) is 0 Å². The number of hydrogen-bond acceptors (Lipinski definition) is 2. The highest BCUT2D eigenvalue weighted by molar-refractivity contribution is 7.86. The highest BCUT2D eigenvalue weighted by Gasteiger charge is 2.15. The first-order valence-corrected chi connectivity index (χ1v) is 5.71. The second-order valence-electron chi connectivity index (χ2n) is 3.52. The largest absolute Gasteiger partial charge is 0.299 e. The minimum absolute atomic E-state index is 0.0251. The summed E-state index contributed by atoms with van der Waals surface area (Å²) in [5.74, 6) is 1.24. The van der Waals surface area contributed by atoms with Crippen LogP contribution in [0.25, 0.3) is 0 Å². The normalized spacial score (nSPS) is 16.1. The lowest BCUT2D eigenvalue weighted by Gasteiger charge is -2.08. The summed E-state index contributed by atoms with van der Waals surface area (Å²) in [7, 11) is -0.965. The molecule has 0 bridgehead atoms. The Hall–Kier alpha value is -0.180. The van der Waals surface area contributed by atoms with Gasteiger partial charge >= 0.3 is 0 Å². The predicted octanol–water partition coefficient (Wildman–Crippen LogP) is 1.76. The van der Waals surface area contributed by atoms with Gasteiger partial charge in [-0.2, -0.15) is 0 Å².